The van der Waals surface area contributed by atoms with Crippen molar-refractivity contribution < 1.29 is 4.42 Å². The highest BCUT2D eigenvalue weighted by Gasteiger charge is 2.43. The van der Waals surface area contributed by atoms with E-state index in [1.54, 1.807) is 0 Å². The number of benzene rings is 6. The normalized spacial score (nSPS) is 19.5. The molecule has 0 radical (unpaired) electrons. The first-order valence-corrected chi connectivity index (χ1v) is 16.9. The molecule has 2 unspecified atom stereocenters. The van der Waals surface area contributed by atoms with E-state index in [-0.39, 0.29) is 17.4 Å². The van der Waals surface area contributed by atoms with E-state index in [1.165, 1.54) is 77.3 Å². The fourth-order valence-corrected chi connectivity index (χ4v) is 8.95. The molecule has 226 valence electrons. The van der Waals surface area contributed by atoms with Crippen molar-refractivity contribution in [2.45, 2.75) is 44.1 Å². The van der Waals surface area contributed by atoms with Crippen molar-refractivity contribution in [1.82, 2.24) is 5.32 Å². The summed E-state index contributed by atoms with van der Waals surface area (Å²) in [5.74, 6) is 0.234. The van der Waals surface area contributed by atoms with Crippen molar-refractivity contribution in [3.63, 3.8) is 0 Å². The molecule has 2 nitrogen and oxygen atoms in total. The van der Waals surface area contributed by atoms with Crippen molar-refractivity contribution >= 4 is 38.3 Å². The van der Waals surface area contributed by atoms with E-state index in [0.29, 0.717) is 0 Å². The fourth-order valence-electron chi connectivity index (χ4n) is 8.95. The summed E-state index contributed by atoms with van der Waals surface area (Å²) in [6.45, 7) is 4.74. The third-order valence-electron chi connectivity index (χ3n) is 11.2. The molecule has 2 aliphatic carbocycles. The van der Waals surface area contributed by atoms with Crippen molar-refractivity contribution in [3.8, 4) is 11.1 Å². The minimum Gasteiger partial charge on any atom is -0.456 e. The number of dihydropyridines is 1. The molecular weight excluding hydrogens is 571 g/mol. The second kappa shape index (κ2) is 9.83. The largest absolute Gasteiger partial charge is 0.456 e. The second-order valence-corrected chi connectivity index (χ2v) is 14.0. The van der Waals surface area contributed by atoms with Crippen LogP contribution < -0.4 is 5.32 Å². The van der Waals surface area contributed by atoms with Gasteiger partial charge in [-0.1, -0.05) is 129 Å². The minimum atomic E-state index is -0.129. The highest BCUT2D eigenvalue weighted by molar-refractivity contribution is 6.07. The predicted octanol–water partition coefficient (Wildman–Crippen LogP) is 11.4. The van der Waals surface area contributed by atoms with Crippen molar-refractivity contribution in [2.24, 2.45) is 0 Å². The summed E-state index contributed by atoms with van der Waals surface area (Å²) in [4.78, 5) is 0. The molecule has 0 amide bonds. The molecule has 0 fully saturated rings. The summed E-state index contributed by atoms with van der Waals surface area (Å²) in [7, 11) is 0. The minimum absolute atomic E-state index is 0.00890. The Kier molecular flexibility index (Phi) is 5.61. The maximum absolute atomic E-state index is 6.44. The molecule has 0 saturated heterocycles. The van der Waals surface area contributed by atoms with Gasteiger partial charge in [-0.15, -0.1) is 0 Å². The molecule has 10 rings (SSSR count). The van der Waals surface area contributed by atoms with Crippen LogP contribution in [0, 0.1) is 0 Å². The average molecular weight is 606 g/mol. The maximum Gasteiger partial charge on any atom is 0.135 e. The number of fused-ring (bicyclic) bond motifs is 9. The number of allylic oxidation sites excluding steroid dienone is 3. The summed E-state index contributed by atoms with van der Waals surface area (Å²) in [5, 5.41) is 9.23. The van der Waals surface area contributed by atoms with Gasteiger partial charge in [0.2, 0.25) is 0 Å². The van der Waals surface area contributed by atoms with Crippen LogP contribution in [0.5, 0.6) is 0 Å². The molecule has 0 saturated carbocycles. The van der Waals surface area contributed by atoms with Crippen LogP contribution in [0.2, 0.25) is 0 Å². The number of nitrogens with one attached hydrogen (secondary N) is 1. The Morgan fingerprint density at radius 1 is 0.660 bits per heavy atom. The van der Waals surface area contributed by atoms with E-state index < -0.39 is 0 Å². The van der Waals surface area contributed by atoms with Gasteiger partial charge in [0.25, 0.3) is 0 Å². The van der Waals surface area contributed by atoms with Gasteiger partial charge >= 0.3 is 0 Å². The lowest BCUT2D eigenvalue weighted by atomic mass is 9.76. The van der Waals surface area contributed by atoms with Gasteiger partial charge in [-0.25, -0.2) is 0 Å². The Hall–Kier alpha value is -5.34. The first-order valence-electron chi connectivity index (χ1n) is 16.9. The lowest BCUT2D eigenvalue weighted by molar-refractivity contribution is 0.515. The standard InChI is InChI=1S/C45H35NO/c1-45(2)39-19-9-7-16-33(39)38-26-37(43(46-44(38)45)35-18-11-21-41-42(35)34-17-8-10-20-40(34)47-41)32-23-22-29-24-27-12-3-4-13-28(27)25-36(29)31-15-6-5-14-30(31)32/h3-21,24-26,32,43,46H,22-23H2,1-2H3. The number of furan rings is 1. The maximum atomic E-state index is 6.44. The Labute approximate surface area is 275 Å². The van der Waals surface area contributed by atoms with E-state index >= 15 is 0 Å². The van der Waals surface area contributed by atoms with E-state index in [0.717, 1.165) is 24.0 Å². The van der Waals surface area contributed by atoms with Crippen LogP contribution in [-0.2, 0) is 11.8 Å². The average Bonchev–Trinajstić information content (AvgIpc) is 3.54. The topological polar surface area (TPSA) is 25.2 Å². The van der Waals surface area contributed by atoms with Crippen molar-refractivity contribution in [3.05, 3.63) is 173 Å². The molecule has 2 heteroatoms. The lowest BCUT2D eigenvalue weighted by Gasteiger charge is -2.37. The van der Waals surface area contributed by atoms with Gasteiger partial charge in [0.05, 0.1) is 6.04 Å². The van der Waals surface area contributed by atoms with Gasteiger partial charge in [0.1, 0.15) is 11.2 Å². The number of para-hydroxylation sites is 1. The Balaban J connectivity index is 1.22. The Bertz CT molecular complexity index is 2490. The zero-order chi connectivity index (χ0) is 31.3. The molecule has 2 heterocycles. The van der Waals surface area contributed by atoms with Gasteiger partial charge < -0.3 is 9.73 Å². The zero-order valence-corrected chi connectivity index (χ0v) is 26.7. The van der Waals surface area contributed by atoms with Crippen LogP contribution in [0.15, 0.2) is 149 Å². The highest BCUT2D eigenvalue weighted by atomic mass is 16.3. The molecule has 2 atom stereocenters. The SMILES string of the molecule is CC1(C)C2=C(C=C(C3CCc4cc5ccccc5cc4-c4ccccc43)C(c3cccc4oc5ccccc5c34)N2)c2ccccc21. The number of hydrogen-bond acceptors (Lipinski definition) is 2. The molecular formula is C45H35NO. The van der Waals surface area contributed by atoms with Crippen LogP contribution in [0.3, 0.4) is 0 Å². The van der Waals surface area contributed by atoms with Gasteiger partial charge in [-0.2, -0.15) is 0 Å². The van der Waals surface area contributed by atoms with Crippen molar-refractivity contribution in [2.75, 3.05) is 0 Å². The van der Waals surface area contributed by atoms with Crippen molar-refractivity contribution in [1.29, 1.82) is 0 Å². The summed E-state index contributed by atoms with van der Waals surface area (Å²) < 4.78 is 6.44. The summed E-state index contributed by atoms with van der Waals surface area (Å²) in [6, 6.07) is 46.9. The quantitative estimate of drug-likeness (QED) is 0.212. The second-order valence-electron chi connectivity index (χ2n) is 14.0. The predicted molar refractivity (Wildman–Crippen MR) is 195 cm³/mol. The van der Waals surface area contributed by atoms with Crippen LogP contribution in [-0.4, -0.2) is 0 Å². The monoisotopic (exact) mass is 605 g/mol. The summed E-state index contributed by atoms with van der Waals surface area (Å²) in [6.07, 6.45) is 4.64. The molecule has 3 aliphatic rings. The lowest BCUT2D eigenvalue weighted by Crippen LogP contribution is -2.35. The van der Waals surface area contributed by atoms with Gasteiger partial charge in [-0.05, 0) is 86.3 Å². The van der Waals surface area contributed by atoms with E-state index in [4.69, 9.17) is 4.42 Å². The summed E-state index contributed by atoms with van der Waals surface area (Å²) in [5.41, 5.74) is 15.4. The number of aryl methyl sites for hydroxylation is 1. The van der Waals surface area contributed by atoms with Crippen LogP contribution in [0.1, 0.15) is 60.0 Å². The molecule has 47 heavy (non-hydrogen) atoms. The number of hydrogen-bond donors (Lipinski definition) is 1. The zero-order valence-electron chi connectivity index (χ0n) is 26.7. The third-order valence-corrected chi connectivity index (χ3v) is 11.2. The van der Waals surface area contributed by atoms with Crippen LogP contribution in [0.4, 0.5) is 0 Å². The first kappa shape index (κ1) is 26.8. The van der Waals surface area contributed by atoms with E-state index in [9.17, 15) is 0 Å². The molecule has 1 N–H and O–H groups in total. The van der Waals surface area contributed by atoms with Gasteiger partial charge in [-0.3, -0.25) is 0 Å². The Morgan fingerprint density at radius 3 is 2.26 bits per heavy atom. The smallest absolute Gasteiger partial charge is 0.135 e. The fraction of sp³-hybridized carbons (Fsp3) is 0.156. The molecule has 0 spiro atoms. The highest BCUT2D eigenvalue weighted by Crippen LogP contribution is 2.54. The Morgan fingerprint density at radius 2 is 1.36 bits per heavy atom. The van der Waals surface area contributed by atoms with E-state index in [1.807, 2.05) is 0 Å². The molecule has 1 aromatic heterocycles. The number of rotatable bonds is 2. The van der Waals surface area contributed by atoms with Gasteiger partial charge in [0.15, 0.2) is 0 Å². The van der Waals surface area contributed by atoms with E-state index in [2.05, 4.69) is 153 Å². The van der Waals surface area contributed by atoms with Gasteiger partial charge in [0, 0.05) is 33.4 Å². The first-order chi connectivity index (χ1) is 23.1. The molecule has 1 aliphatic heterocycles. The molecule has 6 aromatic carbocycles. The van der Waals surface area contributed by atoms with Crippen LogP contribution in [0.25, 0.3) is 49.4 Å². The third kappa shape index (κ3) is 3.85. The molecule has 7 aromatic rings. The molecule has 0 bridgehead atoms. The summed E-state index contributed by atoms with van der Waals surface area (Å²) >= 11 is 0. The van der Waals surface area contributed by atoms with Crippen LogP contribution >= 0.6 is 0 Å².